The van der Waals surface area contributed by atoms with Crippen LogP contribution in [0.2, 0.25) is 0 Å². The number of carbonyl (C=O) groups excluding carboxylic acids is 1. The van der Waals surface area contributed by atoms with Crippen molar-refractivity contribution in [1.82, 2.24) is 14.6 Å². The number of hydrogen-bond donors (Lipinski definition) is 0. The van der Waals surface area contributed by atoms with Crippen LogP contribution in [-0.2, 0) is 11.2 Å². The van der Waals surface area contributed by atoms with E-state index in [-0.39, 0.29) is 5.97 Å². The largest absolute Gasteiger partial charge is 0.465 e. The number of hydrogen-bond acceptors (Lipinski definition) is 4. The van der Waals surface area contributed by atoms with E-state index in [4.69, 9.17) is 4.74 Å². The highest BCUT2D eigenvalue weighted by Crippen LogP contribution is 2.36. The number of allylic oxidation sites excluding steroid dienone is 1. The van der Waals surface area contributed by atoms with E-state index in [2.05, 4.69) is 16.7 Å². The SMILES string of the molecule is C=C(Cc1nc2cccc(-c3ccc(C(=O)OC)cc3)n2n1)C1CC1. The van der Waals surface area contributed by atoms with E-state index < -0.39 is 0 Å². The van der Waals surface area contributed by atoms with Crippen molar-refractivity contribution in [3.63, 3.8) is 0 Å². The molecule has 0 spiro atoms. The summed E-state index contributed by atoms with van der Waals surface area (Å²) < 4.78 is 6.59. The summed E-state index contributed by atoms with van der Waals surface area (Å²) in [6.45, 7) is 4.16. The van der Waals surface area contributed by atoms with Crippen molar-refractivity contribution in [2.45, 2.75) is 19.3 Å². The fraction of sp³-hybridized carbons (Fsp3) is 0.250. The van der Waals surface area contributed by atoms with Crippen molar-refractivity contribution >= 4 is 11.6 Å². The van der Waals surface area contributed by atoms with Crippen LogP contribution in [0.1, 0.15) is 29.0 Å². The first kappa shape index (κ1) is 15.6. The van der Waals surface area contributed by atoms with Crippen LogP contribution in [0.15, 0.2) is 54.6 Å². The quantitative estimate of drug-likeness (QED) is 0.528. The lowest BCUT2D eigenvalue weighted by molar-refractivity contribution is 0.0601. The zero-order valence-electron chi connectivity index (χ0n) is 14.1. The Labute approximate surface area is 146 Å². The van der Waals surface area contributed by atoms with Gasteiger partial charge in [0.25, 0.3) is 0 Å². The van der Waals surface area contributed by atoms with Crippen LogP contribution < -0.4 is 0 Å². The molecule has 4 rings (SSSR count). The van der Waals surface area contributed by atoms with Gasteiger partial charge in [-0.05, 0) is 43.0 Å². The normalized spacial score (nSPS) is 13.8. The zero-order chi connectivity index (χ0) is 17.4. The molecular weight excluding hydrogens is 314 g/mol. The maximum absolute atomic E-state index is 11.6. The molecule has 5 heteroatoms. The number of methoxy groups -OCH3 is 1. The average Bonchev–Trinajstić information content (AvgIpc) is 3.41. The third-order valence-electron chi connectivity index (χ3n) is 4.55. The molecule has 0 N–H and O–H groups in total. The van der Waals surface area contributed by atoms with E-state index in [1.54, 1.807) is 12.1 Å². The van der Waals surface area contributed by atoms with Gasteiger partial charge in [-0.15, -0.1) is 0 Å². The Morgan fingerprint density at radius 3 is 2.68 bits per heavy atom. The van der Waals surface area contributed by atoms with Gasteiger partial charge >= 0.3 is 5.97 Å². The standard InChI is InChI=1S/C20H19N3O2/c1-13(14-6-7-14)12-18-21-19-5-3-4-17(23(19)22-18)15-8-10-16(11-9-15)20(24)25-2/h3-5,8-11,14H,1,6-7,12H2,2H3. The summed E-state index contributed by atoms with van der Waals surface area (Å²) in [7, 11) is 1.38. The fourth-order valence-corrected chi connectivity index (χ4v) is 2.98. The van der Waals surface area contributed by atoms with Crippen LogP contribution in [-0.4, -0.2) is 27.7 Å². The lowest BCUT2D eigenvalue weighted by atomic mass is 10.1. The Balaban J connectivity index is 1.68. The minimum absolute atomic E-state index is 0.341. The number of pyridine rings is 1. The number of carbonyl (C=O) groups is 1. The van der Waals surface area contributed by atoms with E-state index in [0.717, 1.165) is 29.1 Å². The zero-order valence-corrected chi connectivity index (χ0v) is 14.1. The minimum atomic E-state index is -0.341. The maximum Gasteiger partial charge on any atom is 0.337 e. The van der Waals surface area contributed by atoms with Gasteiger partial charge in [0.2, 0.25) is 0 Å². The van der Waals surface area contributed by atoms with E-state index >= 15 is 0 Å². The van der Waals surface area contributed by atoms with Gasteiger partial charge in [-0.1, -0.05) is 30.4 Å². The molecule has 0 saturated heterocycles. The lowest BCUT2D eigenvalue weighted by Gasteiger charge is -2.05. The van der Waals surface area contributed by atoms with Gasteiger partial charge in [0.05, 0.1) is 18.4 Å². The van der Waals surface area contributed by atoms with Crippen LogP contribution in [0.5, 0.6) is 0 Å². The topological polar surface area (TPSA) is 56.5 Å². The van der Waals surface area contributed by atoms with Crippen LogP contribution in [0.25, 0.3) is 16.9 Å². The van der Waals surface area contributed by atoms with Gasteiger partial charge in [0.15, 0.2) is 11.5 Å². The fourth-order valence-electron chi connectivity index (χ4n) is 2.98. The summed E-state index contributed by atoms with van der Waals surface area (Å²) in [5, 5.41) is 4.67. The van der Waals surface area contributed by atoms with Crippen molar-refractivity contribution in [1.29, 1.82) is 0 Å². The molecule has 0 atom stereocenters. The molecule has 0 aliphatic heterocycles. The van der Waals surface area contributed by atoms with Gasteiger partial charge in [-0.25, -0.2) is 14.3 Å². The number of rotatable bonds is 5. The van der Waals surface area contributed by atoms with Gasteiger partial charge in [-0.3, -0.25) is 0 Å². The van der Waals surface area contributed by atoms with Gasteiger partial charge < -0.3 is 4.74 Å². The van der Waals surface area contributed by atoms with Crippen LogP contribution in [0, 0.1) is 5.92 Å². The molecule has 1 aromatic carbocycles. The predicted molar refractivity (Wildman–Crippen MR) is 95.3 cm³/mol. The van der Waals surface area contributed by atoms with Crippen molar-refractivity contribution in [2.75, 3.05) is 7.11 Å². The number of benzene rings is 1. The van der Waals surface area contributed by atoms with Crippen molar-refractivity contribution in [3.05, 3.63) is 66.0 Å². The second-order valence-electron chi connectivity index (χ2n) is 6.39. The summed E-state index contributed by atoms with van der Waals surface area (Å²) in [5.41, 5.74) is 4.46. The molecule has 2 aromatic heterocycles. The molecule has 0 bridgehead atoms. The second kappa shape index (κ2) is 6.16. The summed E-state index contributed by atoms with van der Waals surface area (Å²) in [5.74, 6) is 1.11. The molecule has 2 heterocycles. The molecule has 0 amide bonds. The first-order chi connectivity index (χ1) is 12.2. The first-order valence-corrected chi connectivity index (χ1v) is 8.37. The van der Waals surface area contributed by atoms with Gasteiger partial charge in [-0.2, -0.15) is 5.10 Å². The Morgan fingerprint density at radius 1 is 1.24 bits per heavy atom. The third-order valence-corrected chi connectivity index (χ3v) is 4.55. The number of esters is 1. The molecular formula is C20H19N3O2. The van der Waals surface area contributed by atoms with Crippen LogP contribution >= 0.6 is 0 Å². The first-order valence-electron chi connectivity index (χ1n) is 8.37. The molecule has 0 unspecified atom stereocenters. The molecule has 3 aromatic rings. The Morgan fingerprint density at radius 2 is 2.00 bits per heavy atom. The molecule has 1 fully saturated rings. The van der Waals surface area contributed by atoms with E-state index in [1.807, 2.05) is 34.8 Å². The monoisotopic (exact) mass is 333 g/mol. The Hall–Kier alpha value is -2.95. The molecule has 5 nitrogen and oxygen atoms in total. The molecule has 25 heavy (non-hydrogen) atoms. The Kier molecular flexibility index (Phi) is 3.84. The van der Waals surface area contributed by atoms with Crippen molar-refractivity contribution in [2.24, 2.45) is 5.92 Å². The molecule has 1 aliphatic carbocycles. The minimum Gasteiger partial charge on any atom is -0.465 e. The number of nitrogens with zero attached hydrogens (tertiary/aromatic N) is 3. The summed E-state index contributed by atoms with van der Waals surface area (Å²) in [4.78, 5) is 16.2. The number of fused-ring (bicyclic) bond motifs is 1. The molecule has 0 radical (unpaired) electrons. The summed E-state index contributed by atoms with van der Waals surface area (Å²) in [6, 6.07) is 13.2. The second-order valence-corrected chi connectivity index (χ2v) is 6.39. The smallest absolute Gasteiger partial charge is 0.337 e. The molecule has 126 valence electrons. The maximum atomic E-state index is 11.6. The predicted octanol–water partition coefficient (Wildman–Crippen LogP) is 3.69. The highest BCUT2D eigenvalue weighted by Gasteiger charge is 2.25. The van der Waals surface area contributed by atoms with E-state index in [9.17, 15) is 4.79 Å². The highest BCUT2D eigenvalue weighted by molar-refractivity contribution is 5.89. The van der Waals surface area contributed by atoms with E-state index in [1.165, 1.54) is 25.5 Å². The lowest BCUT2D eigenvalue weighted by Crippen LogP contribution is -2.01. The van der Waals surface area contributed by atoms with Crippen LogP contribution in [0.4, 0.5) is 0 Å². The third kappa shape index (κ3) is 3.05. The van der Waals surface area contributed by atoms with E-state index in [0.29, 0.717) is 11.5 Å². The highest BCUT2D eigenvalue weighted by atomic mass is 16.5. The van der Waals surface area contributed by atoms with Crippen molar-refractivity contribution < 1.29 is 9.53 Å². The van der Waals surface area contributed by atoms with Gasteiger partial charge in [0.1, 0.15) is 0 Å². The molecule has 1 saturated carbocycles. The van der Waals surface area contributed by atoms with Crippen LogP contribution in [0.3, 0.4) is 0 Å². The average molecular weight is 333 g/mol. The molecule has 1 aliphatic rings. The number of aromatic nitrogens is 3. The summed E-state index contributed by atoms with van der Waals surface area (Å²) >= 11 is 0. The summed E-state index contributed by atoms with van der Waals surface area (Å²) in [6.07, 6.45) is 3.21. The Bertz CT molecular complexity index is 953. The number of ether oxygens (including phenoxy) is 1. The van der Waals surface area contributed by atoms with Gasteiger partial charge in [0, 0.05) is 12.0 Å². The van der Waals surface area contributed by atoms with Crippen molar-refractivity contribution in [3.8, 4) is 11.3 Å².